The van der Waals surface area contributed by atoms with Crippen LogP contribution in [0.15, 0.2) is 150 Å². The highest BCUT2D eigenvalue weighted by atomic mass is 31.1. The molecular weight excluding hydrogens is 558 g/mol. The maximum Gasteiger partial charge on any atom is 0.143 e. The molecule has 0 aliphatic heterocycles. The molecule has 1 nitrogen and oxygen atoms in total. The number of aryl methyl sites for hydroxylation is 1. The second kappa shape index (κ2) is 11.8. The lowest BCUT2D eigenvalue weighted by Gasteiger charge is -2.23. The minimum atomic E-state index is -0.809. The Balaban J connectivity index is 1.58. The van der Waals surface area contributed by atoms with Crippen LogP contribution in [0, 0.1) is 13.8 Å². The first-order valence-corrected chi connectivity index (χ1v) is 16.5. The van der Waals surface area contributed by atoms with Crippen LogP contribution in [0.1, 0.15) is 11.1 Å². The fourth-order valence-electron chi connectivity index (χ4n) is 6.40. The minimum absolute atomic E-state index is 0.809. The summed E-state index contributed by atoms with van der Waals surface area (Å²) >= 11 is 0. The highest BCUT2D eigenvalue weighted by Crippen LogP contribution is 2.47. The lowest BCUT2D eigenvalue weighted by Crippen LogP contribution is -2.22. The van der Waals surface area contributed by atoms with Gasteiger partial charge < -0.3 is 4.42 Å². The lowest BCUT2D eigenvalue weighted by atomic mass is 9.85. The molecule has 0 saturated heterocycles. The molecule has 1 atom stereocenters. The summed E-state index contributed by atoms with van der Waals surface area (Å²) in [6.07, 6.45) is 0. The molecule has 0 bridgehead atoms. The van der Waals surface area contributed by atoms with E-state index in [0.717, 1.165) is 27.8 Å². The van der Waals surface area contributed by atoms with Crippen molar-refractivity contribution in [3.63, 3.8) is 0 Å². The molecule has 7 rings (SSSR count). The van der Waals surface area contributed by atoms with Crippen LogP contribution in [0.3, 0.4) is 0 Å². The Hall–Kier alpha value is -4.28. The minimum Gasteiger partial charge on any atom is -0.456 e. The van der Waals surface area contributed by atoms with Gasteiger partial charge in [0.15, 0.2) is 0 Å². The van der Waals surface area contributed by atoms with Crippen molar-refractivity contribution in [1.29, 1.82) is 0 Å². The van der Waals surface area contributed by atoms with Crippen LogP contribution in [-0.2, 0) is 0 Å². The molecule has 0 radical (unpaired) electrons. The van der Waals surface area contributed by atoms with Gasteiger partial charge in [0, 0.05) is 16.5 Å². The van der Waals surface area contributed by atoms with Crippen molar-refractivity contribution >= 4 is 49.5 Å². The Labute approximate surface area is 257 Å². The van der Waals surface area contributed by atoms with E-state index in [2.05, 4.69) is 169 Å². The smallest absolute Gasteiger partial charge is 0.143 e. The molecule has 0 aliphatic carbocycles. The van der Waals surface area contributed by atoms with Crippen LogP contribution in [0.25, 0.3) is 44.3 Å². The van der Waals surface area contributed by atoms with Gasteiger partial charge in [0.05, 0.1) is 0 Å². The van der Waals surface area contributed by atoms with Crippen molar-refractivity contribution < 1.29 is 4.42 Å². The molecule has 0 amide bonds. The Morgan fingerprint density at radius 2 is 0.953 bits per heavy atom. The summed E-state index contributed by atoms with van der Waals surface area (Å²) in [5.74, 6) is 0. The van der Waals surface area contributed by atoms with Crippen molar-refractivity contribution in [2.45, 2.75) is 13.8 Å². The fraction of sp³-hybridized carbons (Fsp3) is 0.0500. The van der Waals surface area contributed by atoms with Gasteiger partial charge in [-0.1, -0.05) is 155 Å². The van der Waals surface area contributed by atoms with E-state index >= 15 is 0 Å². The van der Waals surface area contributed by atoms with Crippen LogP contribution in [0.5, 0.6) is 0 Å². The van der Waals surface area contributed by atoms with E-state index in [0.29, 0.717) is 0 Å². The number of fused-ring (bicyclic) bond motifs is 1. The maximum absolute atomic E-state index is 6.81. The van der Waals surface area contributed by atoms with Crippen LogP contribution < -0.4 is 21.4 Å². The number of rotatable bonds is 6. The molecule has 43 heavy (non-hydrogen) atoms. The summed E-state index contributed by atoms with van der Waals surface area (Å²) < 4.78 is 6.81. The number of hydrogen-bond acceptors (Lipinski definition) is 1. The van der Waals surface area contributed by atoms with Gasteiger partial charge in [0.1, 0.15) is 11.1 Å². The third kappa shape index (κ3) is 4.94. The van der Waals surface area contributed by atoms with E-state index in [-0.39, 0.29) is 0 Å². The molecule has 0 saturated carbocycles. The average molecular weight is 591 g/mol. The molecular formula is C40H32OP2. The van der Waals surface area contributed by atoms with E-state index in [9.17, 15) is 0 Å². The van der Waals surface area contributed by atoms with E-state index < -0.39 is 7.92 Å². The molecule has 1 aromatic heterocycles. The highest BCUT2D eigenvalue weighted by Gasteiger charge is 2.28. The molecule has 0 spiro atoms. The SMILES string of the molecule is Cc1c(-c2ccccc2)c(C)c2c(-c3ccccc3P(c3ccccc3)c3ccccc3)c(P)oc2c1-c1ccccc1. The largest absolute Gasteiger partial charge is 0.456 e. The summed E-state index contributed by atoms with van der Waals surface area (Å²) in [5.41, 5.74) is 11.5. The molecule has 208 valence electrons. The quantitative estimate of drug-likeness (QED) is 0.176. The van der Waals surface area contributed by atoms with Gasteiger partial charge in [-0.15, -0.1) is 0 Å². The Kier molecular flexibility index (Phi) is 7.54. The normalized spacial score (nSPS) is 11.3. The van der Waals surface area contributed by atoms with Gasteiger partial charge in [0.25, 0.3) is 0 Å². The standard InChI is InChI=1S/C40H32OP2/c1-27-35(29-17-7-3-8-18-29)28(2)37-38(40(42)41-39(37)36(27)30-19-9-4-10-20-30)33-25-15-16-26-34(33)43(31-21-11-5-12-22-31)32-23-13-6-14-24-32/h3-26H,42H2,1-2H3. The van der Waals surface area contributed by atoms with E-state index in [1.54, 1.807) is 0 Å². The topological polar surface area (TPSA) is 13.1 Å². The average Bonchev–Trinajstić information content (AvgIpc) is 3.40. The Morgan fingerprint density at radius 1 is 0.488 bits per heavy atom. The summed E-state index contributed by atoms with van der Waals surface area (Å²) in [5, 5.41) is 5.16. The second-order valence-electron chi connectivity index (χ2n) is 10.8. The molecule has 0 N–H and O–H groups in total. The number of hydrogen-bond donors (Lipinski definition) is 0. The third-order valence-electron chi connectivity index (χ3n) is 8.23. The molecule has 1 unspecified atom stereocenters. The molecule has 3 heteroatoms. The fourth-order valence-corrected chi connectivity index (χ4v) is 9.28. The first kappa shape index (κ1) is 27.5. The molecule has 0 aliphatic rings. The predicted octanol–water partition coefficient (Wildman–Crippen LogP) is 9.31. The van der Waals surface area contributed by atoms with Crippen LogP contribution in [0.4, 0.5) is 0 Å². The first-order chi connectivity index (χ1) is 21.1. The molecule has 0 fully saturated rings. The van der Waals surface area contributed by atoms with Crippen molar-refractivity contribution in [2.24, 2.45) is 0 Å². The van der Waals surface area contributed by atoms with Gasteiger partial charge in [0.2, 0.25) is 0 Å². The van der Waals surface area contributed by atoms with Gasteiger partial charge in [-0.3, -0.25) is 0 Å². The monoisotopic (exact) mass is 590 g/mol. The zero-order chi connectivity index (χ0) is 29.3. The van der Waals surface area contributed by atoms with E-state index in [1.807, 2.05) is 0 Å². The van der Waals surface area contributed by atoms with Gasteiger partial charge in [-0.2, -0.15) is 0 Å². The molecule has 7 aromatic rings. The second-order valence-corrected chi connectivity index (χ2v) is 13.5. The van der Waals surface area contributed by atoms with Crippen molar-refractivity contribution in [1.82, 2.24) is 0 Å². The van der Waals surface area contributed by atoms with E-state index in [1.165, 1.54) is 49.1 Å². The first-order valence-electron chi connectivity index (χ1n) is 14.6. The van der Waals surface area contributed by atoms with Crippen LogP contribution in [-0.4, -0.2) is 0 Å². The van der Waals surface area contributed by atoms with E-state index in [4.69, 9.17) is 4.42 Å². The zero-order valence-electron chi connectivity index (χ0n) is 24.3. The Morgan fingerprint density at radius 3 is 1.51 bits per heavy atom. The van der Waals surface area contributed by atoms with Crippen molar-refractivity contribution in [2.75, 3.05) is 0 Å². The summed E-state index contributed by atoms with van der Waals surface area (Å²) in [6.45, 7) is 4.50. The van der Waals surface area contributed by atoms with Crippen molar-refractivity contribution in [3.8, 4) is 33.4 Å². The number of benzene rings is 6. The van der Waals surface area contributed by atoms with Crippen LogP contribution in [0.2, 0.25) is 0 Å². The molecule has 1 heterocycles. The Bertz CT molecular complexity index is 1990. The lowest BCUT2D eigenvalue weighted by molar-refractivity contribution is 0.657. The van der Waals surface area contributed by atoms with Gasteiger partial charge in [-0.25, -0.2) is 0 Å². The van der Waals surface area contributed by atoms with Crippen LogP contribution >= 0.6 is 17.2 Å². The summed E-state index contributed by atoms with van der Waals surface area (Å²) in [7, 11) is 2.12. The third-order valence-corrected chi connectivity index (χ3v) is 11.1. The van der Waals surface area contributed by atoms with Crippen molar-refractivity contribution in [3.05, 3.63) is 157 Å². The summed E-state index contributed by atoms with van der Waals surface area (Å²) in [6, 6.07) is 52.2. The maximum atomic E-state index is 6.81. The zero-order valence-corrected chi connectivity index (χ0v) is 26.3. The number of furan rings is 1. The predicted molar refractivity (Wildman–Crippen MR) is 190 cm³/mol. The van der Waals surface area contributed by atoms with Gasteiger partial charge >= 0.3 is 0 Å². The summed E-state index contributed by atoms with van der Waals surface area (Å²) in [4.78, 5) is 0. The highest BCUT2D eigenvalue weighted by molar-refractivity contribution is 7.80. The van der Waals surface area contributed by atoms with Gasteiger partial charge in [-0.05, 0) is 71.1 Å². The molecule has 6 aromatic carbocycles.